The van der Waals surface area contributed by atoms with Gasteiger partial charge in [-0.15, -0.1) is 0 Å². The lowest BCUT2D eigenvalue weighted by Crippen LogP contribution is -2.80. The minimum absolute atomic E-state index is 0.00620. The molecule has 2 aromatic carbocycles. The van der Waals surface area contributed by atoms with E-state index in [9.17, 15) is 5.11 Å². The van der Waals surface area contributed by atoms with E-state index < -0.39 is 12.0 Å². The lowest BCUT2D eigenvalue weighted by Gasteiger charge is -2.68. The number of anilines is 2. The van der Waals surface area contributed by atoms with Crippen molar-refractivity contribution in [2.24, 2.45) is 29.6 Å². The van der Waals surface area contributed by atoms with Crippen LogP contribution in [0.2, 0.25) is 0 Å². The molecule has 2 saturated carbocycles. The number of fused-ring (bicyclic) bond motifs is 11. The Balaban J connectivity index is 1.15. The van der Waals surface area contributed by atoms with Crippen molar-refractivity contribution in [1.29, 1.82) is 0 Å². The van der Waals surface area contributed by atoms with Crippen LogP contribution in [0.1, 0.15) is 50.7 Å². The third kappa shape index (κ3) is 2.48. The first-order valence-corrected chi connectivity index (χ1v) is 18.3. The third-order valence-electron chi connectivity index (χ3n) is 16.1. The van der Waals surface area contributed by atoms with E-state index in [4.69, 9.17) is 0 Å². The summed E-state index contributed by atoms with van der Waals surface area (Å²) in [5.74, 6) is 0.900. The summed E-state index contributed by atoms with van der Waals surface area (Å²) >= 11 is 0. The van der Waals surface area contributed by atoms with Gasteiger partial charge in [0.1, 0.15) is 0 Å². The Bertz CT molecular complexity index is 1820. The van der Waals surface area contributed by atoms with Crippen molar-refractivity contribution in [1.82, 2.24) is 9.80 Å². The van der Waals surface area contributed by atoms with Crippen LogP contribution >= 0.6 is 0 Å². The molecule has 1 N–H and O–H groups in total. The average molecular weight is 613 g/mol. The predicted molar refractivity (Wildman–Crippen MR) is 178 cm³/mol. The number of aliphatic hydroxyl groups excluding tert-OH is 1. The lowest BCUT2D eigenvalue weighted by molar-refractivity contribution is -0.148. The Morgan fingerprint density at radius 1 is 0.761 bits per heavy atom. The van der Waals surface area contributed by atoms with Gasteiger partial charge in [0.05, 0.1) is 18.1 Å². The normalized spacial score (nSPS) is 50.1. The number of amides is 1. The second kappa shape index (κ2) is 8.19. The zero-order valence-electron chi connectivity index (χ0n) is 26.9. The van der Waals surface area contributed by atoms with Crippen LogP contribution in [-0.4, -0.2) is 83.3 Å². The molecular weight excluding hydrogens is 568 g/mol. The number of carbonyl (C=O) groups excluding carboxylic acids is 1. The molecule has 8 heterocycles. The van der Waals surface area contributed by atoms with Gasteiger partial charge in [-0.25, -0.2) is 0 Å². The predicted octanol–water partition coefficient (Wildman–Crippen LogP) is 4.48. The minimum Gasteiger partial charge on any atom is -0.392 e. The van der Waals surface area contributed by atoms with Gasteiger partial charge in [0.25, 0.3) is 0 Å². The fourth-order valence-electron chi connectivity index (χ4n) is 15.0. The maximum atomic E-state index is 15.5. The van der Waals surface area contributed by atoms with Gasteiger partial charge >= 0.3 is 0 Å². The molecule has 6 heteroatoms. The molecule has 0 unspecified atom stereocenters. The number of allylic oxidation sites excluding steroid dienone is 2. The summed E-state index contributed by atoms with van der Waals surface area (Å²) in [4.78, 5) is 26.2. The number of carbonyl (C=O) groups is 1. The fraction of sp³-hybridized carbons (Fsp3) is 0.575. The number of para-hydroxylation sites is 2. The van der Waals surface area contributed by atoms with Crippen molar-refractivity contribution < 1.29 is 9.90 Å². The highest BCUT2D eigenvalue weighted by atomic mass is 16.3. The van der Waals surface area contributed by atoms with E-state index >= 15 is 4.79 Å². The zero-order chi connectivity index (χ0) is 30.4. The molecule has 1 amide bonds. The Kier molecular flexibility index (Phi) is 4.64. The largest absolute Gasteiger partial charge is 0.392 e. The maximum Gasteiger partial charge on any atom is 0.235 e. The second-order valence-electron chi connectivity index (χ2n) is 16.7. The highest BCUT2D eigenvalue weighted by Gasteiger charge is 2.78. The molecule has 13 atom stereocenters. The molecule has 2 aromatic rings. The average Bonchev–Trinajstić information content (AvgIpc) is 3.83. The SMILES string of the molecule is C/C=C1\CN2CC[C@]34c5ccccc5N5C(=O)[C@H]6[C@@H](O)[C@H]7[C@@H]8N(c9ccccc9[C@@]89CCN8C/C(=C/C)[C@@H]7C[C@H]89)[C@@H]6[C@H]([C@H]53)[C@H]1C[C@H]24. The van der Waals surface area contributed by atoms with Crippen molar-refractivity contribution in [2.45, 2.75) is 86.7 Å². The topological polar surface area (TPSA) is 50.3 Å². The quantitative estimate of drug-likeness (QED) is 0.445. The van der Waals surface area contributed by atoms with Gasteiger partial charge in [0, 0.05) is 71.3 Å². The molecule has 6 saturated heterocycles. The highest BCUT2D eigenvalue weighted by molar-refractivity contribution is 6.02. The van der Waals surface area contributed by atoms with E-state index in [2.05, 4.69) is 94.1 Å². The van der Waals surface area contributed by atoms with Gasteiger partial charge in [0.15, 0.2) is 0 Å². The summed E-state index contributed by atoms with van der Waals surface area (Å²) < 4.78 is 0. The molecule has 236 valence electrons. The summed E-state index contributed by atoms with van der Waals surface area (Å²) in [6, 6.07) is 19.7. The Labute approximate surface area is 271 Å². The number of rotatable bonds is 0. The zero-order valence-corrected chi connectivity index (χ0v) is 26.9. The second-order valence-corrected chi connectivity index (χ2v) is 16.7. The first-order valence-electron chi connectivity index (χ1n) is 18.3. The number of hydrogen-bond donors (Lipinski definition) is 1. The summed E-state index contributed by atoms with van der Waals surface area (Å²) in [6.07, 6.45) is 8.69. The van der Waals surface area contributed by atoms with E-state index in [0.717, 1.165) is 51.1 Å². The molecular formula is C40H44N4O2. The number of hydrogen-bond acceptors (Lipinski definition) is 5. The number of nitrogens with zero attached hydrogens (tertiary/aromatic N) is 4. The van der Waals surface area contributed by atoms with Crippen LogP contribution < -0.4 is 9.80 Å². The Hall–Kier alpha value is -2.93. The molecule has 6 nitrogen and oxygen atoms in total. The molecule has 4 bridgehead atoms. The van der Waals surface area contributed by atoms with E-state index in [-0.39, 0.29) is 46.7 Å². The molecule has 46 heavy (non-hydrogen) atoms. The van der Waals surface area contributed by atoms with Crippen LogP contribution in [0.15, 0.2) is 71.8 Å². The van der Waals surface area contributed by atoms with Gasteiger partial charge in [-0.2, -0.15) is 0 Å². The fourth-order valence-corrected chi connectivity index (χ4v) is 15.0. The van der Waals surface area contributed by atoms with Crippen LogP contribution in [0, 0.1) is 29.6 Å². The molecule has 12 rings (SSSR count). The number of aliphatic hydroxyl groups is 1. The van der Waals surface area contributed by atoms with Gasteiger partial charge in [-0.1, -0.05) is 59.7 Å². The van der Waals surface area contributed by atoms with Crippen molar-refractivity contribution in [2.75, 3.05) is 36.0 Å². The standard InChI is InChI=1S/C40H44N4O2/c1-3-21-19-41-15-13-39-26-10-6-8-12-28(26)44-36(39)31(23(21)17-29(39)41)34-33(38(44)46)35(45)32-24-18-30-40(14-16-42(30)20-22(24)4-2)25-9-5-7-11-27(25)43(34)37(32)40/h3-12,23-24,29-37,45H,13-20H2,1-2H3/b21-3+,22-4-/t23-,24-,29-,30-,31+,32-,33+,34+,35-,36-,37-,39+,40+/m0/s1. The van der Waals surface area contributed by atoms with Crippen LogP contribution in [0.4, 0.5) is 11.4 Å². The van der Waals surface area contributed by atoms with Crippen LogP contribution in [0.3, 0.4) is 0 Å². The molecule has 2 spiro atoms. The molecule has 0 radical (unpaired) electrons. The summed E-state index contributed by atoms with van der Waals surface area (Å²) in [5, 5.41) is 13.1. The first-order chi connectivity index (χ1) is 22.5. The summed E-state index contributed by atoms with van der Waals surface area (Å²) in [6.45, 7) is 8.77. The Morgan fingerprint density at radius 2 is 1.33 bits per heavy atom. The van der Waals surface area contributed by atoms with Gasteiger partial charge in [-0.05, 0) is 87.7 Å². The van der Waals surface area contributed by atoms with Crippen LogP contribution in [-0.2, 0) is 15.6 Å². The molecule has 8 fully saturated rings. The Morgan fingerprint density at radius 3 is 1.98 bits per heavy atom. The number of piperidine rings is 4. The van der Waals surface area contributed by atoms with Crippen molar-refractivity contribution in [3.63, 3.8) is 0 Å². The van der Waals surface area contributed by atoms with Crippen molar-refractivity contribution in [3.8, 4) is 0 Å². The first kappa shape index (κ1) is 26.1. The molecule has 10 aliphatic rings. The summed E-state index contributed by atoms with van der Waals surface area (Å²) in [5.41, 5.74) is 8.52. The van der Waals surface area contributed by atoms with E-state index in [1.807, 2.05) is 0 Å². The van der Waals surface area contributed by atoms with Crippen LogP contribution in [0.5, 0.6) is 0 Å². The third-order valence-corrected chi connectivity index (χ3v) is 16.1. The number of benzene rings is 2. The maximum absolute atomic E-state index is 15.5. The van der Waals surface area contributed by atoms with Crippen molar-refractivity contribution in [3.05, 3.63) is 83.0 Å². The van der Waals surface area contributed by atoms with E-state index in [1.165, 1.54) is 28.8 Å². The van der Waals surface area contributed by atoms with Crippen molar-refractivity contribution >= 4 is 17.3 Å². The van der Waals surface area contributed by atoms with E-state index in [1.54, 1.807) is 5.57 Å². The summed E-state index contributed by atoms with van der Waals surface area (Å²) in [7, 11) is 0. The van der Waals surface area contributed by atoms with Gasteiger partial charge in [0.2, 0.25) is 5.91 Å². The van der Waals surface area contributed by atoms with E-state index in [0.29, 0.717) is 23.9 Å². The molecule has 0 aromatic heterocycles. The van der Waals surface area contributed by atoms with Crippen LogP contribution in [0.25, 0.3) is 0 Å². The minimum atomic E-state index is -0.641. The smallest absolute Gasteiger partial charge is 0.235 e. The van der Waals surface area contributed by atoms with Gasteiger partial charge < -0.3 is 14.9 Å². The van der Waals surface area contributed by atoms with Gasteiger partial charge in [-0.3, -0.25) is 14.6 Å². The molecule has 8 aliphatic heterocycles. The molecule has 2 aliphatic carbocycles. The highest BCUT2D eigenvalue weighted by Crippen LogP contribution is 2.71. The lowest BCUT2D eigenvalue weighted by atomic mass is 9.47. The monoisotopic (exact) mass is 612 g/mol.